The van der Waals surface area contributed by atoms with Crippen LogP contribution in [0.4, 0.5) is 0 Å². The first-order chi connectivity index (χ1) is 18.1. The first kappa shape index (κ1) is 38.0. The van der Waals surface area contributed by atoms with E-state index in [-0.39, 0.29) is 0 Å². The molecule has 2 aliphatic carbocycles. The van der Waals surface area contributed by atoms with Gasteiger partial charge in [0.05, 0.1) is 23.5 Å². The van der Waals surface area contributed by atoms with Crippen LogP contribution in [-0.4, -0.2) is 38.4 Å². The van der Waals surface area contributed by atoms with Crippen molar-refractivity contribution in [3.05, 3.63) is 0 Å². The Morgan fingerprint density at radius 2 is 1.05 bits per heavy atom. The van der Waals surface area contributed by atoms with Gasteiger partial charge in [-0.05, 0) is 99.6 Å². The molecule has 2 fully saturated rings. The molecule has 0 spiro atoms. The van der Waals surface area contributed by atoms with Gasteiger partial charge in [0.1, 0.15) is 0 Å². The third-order valence-corrected chi connectivity index (χ3v) is 10.3. The molecule has 2 saturated carbocycles. The molecule has 0 aromatic carbocycles. The molecular formula is C32H62Br2N2NiOSi. The average molecular weight is 737 g/mol. The van der Waals surface area contributed by atoms with Crippen LogP contribution in [0.3, 0.4) is 0 Å². The molecule has 0 aromatic heterocycles. The van der Waals surface area contributed by atoms with Crippen LogP contribution in [0.25, 0.3) is 0 Å². The zero-order valence-electron chi connectivity index (χ0n) is 27.3. The second-order valence-corrected chi connectivity index (χ2v) is 24.0. The van der Waals surface area contributed by atoms with Gasteiger partial charge in [0, 0.05) is 13.0 Å². The summed E-state index contributed by atoms with van der Waals surface area (Å²) in [5, 5.41) is 0. The van der Waals surface area contributed by atoms with Crippen LogP contribution in [0.15, 0.2) is 9.98 Å². The molecule has 3 nitrogen and oxygen atoms in total. The Morgan fingerprint density at radius 1 is 0.718 bits per heavy atom. The Hall–Kier alpha value is 0.970. The van der Waals surface area contributed by atoms with Gasteiger partial charge in [-0.3, -0.25) is 9.98 Å². The summed E-state index contributed by atoms with van der Waals surface area (Å²) < 4.78 is 6.36. The summed E-state index contributed by atoms with van der Waals surface area (Å²) in [6.07, 6.45) is 8.89. The zero-order chi connectivity index (χ0) is 29.9. The van der Waals surface area contributed by atoms with Crippen LogP contribution in [0, 0.1) is 47.3 Å². The number of hydrogen-bond donors (Lipinski definition) is 0. The van der Waals surface area contributed by atoms with E-state index in [9.17, 15) is 0 Å². The maximum atomic E-state index is 6.36. The maximum absolute atomic E-state index is 6.36. The fourth-order valence-corrected chi connectivity index (χ4v) is 7.78. The Morgan fingerprint density at radius 3 is 1.36 bits per heavy atom. The second kappa shape index (κ2) is 18.6. The fraction of sp³-hybridized carbons (Fsp3) is 0.938. The van der Waals surface area contributed by atoms with Crippen LogP contribution in [0.2, 0.25) is 19.6 Å². The quantitative estimate of drug-likeness (QED) is 0.154. The fourth-order valence-electron chi connectivity index (χ4n) is 7.06. The van der Waals surface area contributed by atoms with Gasteiger partial charge in [-0.2, -0.15) is 0 Å². The Balaban J connectivity index is 0.00000242. The molecule has 0 heterocycles. The third kappa shape index (κ3) is 13.0. The molecular weight excluding hydrogens is 675 g/mol. The monoisotopic (exact) mass is 734 g/mol. The van der Waals surface area contributed by atoms with Crippen molar-refractivity contribution in [2.45, 2.75) is 139 Å². The second-order valence-electron chi connectivity index (χ2n) is 14.5. The van der Waals surface area contributed by atoms with E-state index in [1.165, 1.54) is 60.8 Å². The molecule has 0 aromatic rings. The van der Waals surface area contributed by atoms with Crippen molar-refractivity contribution in [3.63, 3.8) is 0 Å². The molecule has 0 radical (unpaired) electrons. The van der Waals surface area contributed by atoms with Crippen molar-refractivity contribution in [1.29, 1.82) is 0 Å². The number of hydrogen-bond acceptors (Lipinski definition) is 3. The zero-order valence-corrected chi connectivity index (χ0v) is 32.5. The molecule has 0 amide bonds. The third-order valence-electron chi connectivity index (χ3n) is 9.27. The van der Waals surface area contributed by atoms with Gasteiger partial charge in [0.25, 0.3) is 0 Å². The summed E-state index contributed by atoms with van der Waals surface area (Å²) in [5.41, 5.74) is 2.44. The number of rotatable bonds is 11. The Kier molecular flexibility index (Phi) is 18.1. The molecule has 2 aliphatic rings. The number of aliphatic imine (C=N–C) groups is 2. The van der Waals surface area contributed by atoms with E-state index in [0.29, 0.717) is 59.4 Å². The summed E-state index contributed by atoms with van der Waals surface area (Å²) in [5.74, 6) is 5.42. The molecule has 234 valence electrons. The first-order valence-electron chi connectivity index (χ1n) is 15.7. The van der Waals surface area contributed by atoms with Crippen LogP contribution in [0.5, 0.6) is 0 Å². The molecule has 2 rings (SSSR count). The van der Waals surface area contributed by atoms with Gasteiger partial charge in [0.15, 0.2) is 8.32 Å². The van der Waals surface area contributed by atoms with Crippen LogP contribution in [0.1, 0.15) is 107 Å². The summed E-state index contributed by atoms with van der Waals surface area (Å²) in [6.45, 7) is 29.2. The predicted octanol–water partition coefficient (Wildman–Crippen LogP) is 11.0. The molecule has 39 heavy (non-hydrogen) atoms. The standard InChI is InChI=1S/C32H62N2OSi.2BrH.Ni/c1-21(2)26-15-13-16-27(22(3)4)31(26)33-25(9)30(19-20-35-36(10,11)12)34-32-28(23(5)6)17-14-18-29(32)24(7)8;;;/h21-24,26-29,31-32H,13-20H2,1-12H3;2*1H;/q;;;+2/p-2. The summed E-state index contributed by atoms with van der Waals surface area (Å²) in [7, 11) is -0.313. The van der Waals surface area contributed by atoms with Crippen LogP contribution >= 0.6 is 28.5 Å². The topological polar surface area (TPSA) is 34.0 Å². The molecule has 4 unspecified atom stereocenters. The van der Waals surface area contributed by atoms with Gasteiger partial charge in [-0.1, -0.05) is 68.2 Å². The molecule has 0 bridgehead atoms. The SMILES string of the molecule is CC(=NC1C(C(C)C)CCCC1C(C)C)C(CCO[Si](C)(C)C)=NC1C(C(C)C)CCCC1C(C)C.[Br][Ni][Br]. The molecule has 7 heteroatoms. The van der Waals surface area contributed by atoms with Gasteiger partial charge < -0.3 is 4.43 Å². The van der Waals surface area contributed by atoms with Crippen molar-refractivity contribution in [1.82, 2.24) is 0 Å². The van der Waals surface area contributed by atoms with E-state index in [0.717, 1.165) is 13.0 Å². The van der Waals surface area contributed by atoms with Gasteiger partial charge in [-0.25, -0.2) is 0 Å². The number of nitrogens with zero attached hydrogens (tertiary/aromatic N) is 2. The van der Waals surface area contributed by atoms with E-state index in [2.05, 4.69) is 110 Å². The van der Waals surface area contributed by atoms with E-state index >= 15 is 0 Å². The van der Waals surface area contributed by atoms with Gasteiger partial charge in [-0.15, -0.1) is 0 Å². The van der Waals surface area contributed by atoms with E-state index in [4.69, 9.17) is 14.4 Å². The van der Waals surface area contributed by atoms with Crippen molar-refractivity contribution in [2.24, 2.45) is 57.3 Å². The predicted molar refractivity (Wildman–Crippen MR) is 181 cm³/mol. The summed E-state index contributed by atoms with van der Waals surface area (Å²) in [4.78, 5) is 11.3. The summed E-state index contributed by atoms with van der Waals surface area (Å²) in [6, 6.07) is 0.842. The van der Waals surface area contributed by atoms with Crippen LogP contribution in [-0.2, 0) is 15.3 Å². The van der Waals surface area contributed by atoms with Gasteiger partial charge in [0.2, 0.25) is 0 Å². The van der Waals surface area contributed by atoms with Crippen molar-refractivity contribution < 1.29 is 15.3 Å². The molecule has 0 aliphatic heterocycles. The minimum atomic E-state index is -1.56. The van der Waals surface area contributed by atoms with Crippen LogP contribution < -0.4 is 0 Å². The normalized spacial score (nSPS) is 29.4. The molecule has 0 N–H and O–H groups in total. The summed E-state index contributed by atoms with van der Waals surface area (Å²) >= 11 is 6.00. The van der Waals surface area contributed by atoms with E-state index in [1.807, 2.05) is 0 Å². The van der Waals surface area contributed by atoms with E-state index in [1.54, 1.807) is 0 Å². The average Bonchev–Trinajstić information content (AvgIpc) is 2.82. The molecule has 4 atom stereocenters. The number of halogens is 2. The first-order valence-corrected chi connectivity index (χ1v) is 24.0. The molecule has 0 saturated heterocycles. The van der Waals surface area contributed by atoms with Gasteiger partial charge >= 0.3 is 39.3 Å². The van der Waals surface area contributed by atoms with E-state index < -0.39 is 8.32 Å². The Bertz CT molecular complexity index is 719. The van der Waals surface area contributed by atoms with Crippen molar-refractivity contribution in [3.8, 4) is 0 Å². The van der Waals surface area contributed by atoms with Crippen molar-refractivity contribution in [2.75, 3.05) is 6.61 Å². The minimum absolute atomic E-state index is 0.416. The Labute approximate surface area is 264 Å². The van der Waals surface area contributed by atoms with Crippen molar-refractivity contribution >= 4 is 48.2 Å².